The minimum Gasteiger partial charge on any atom is -0.308 e. The largest absolute Gasteiger partial charge is 0.308 e. The fourth-order valence-corrected chi connectivity index (χ4v) is 3.97. The number of nitrogens with zero attached hydrogens (tertiary/aromatic N) is 2. The van der Waals surface area contributed by atoms with E-state index in [1.807, 2.05) is 11.7 Å². The van der Waals surface area contributed by atoms with Crippen LogP contribution < -0.4 is 5.32 Å². The standard InChI is InChI=1S/C12H15Br2N3S/c1-3-11-8(7-17(2)16-11)5-15-6-9-4-10(13)12(14)18-9/h4,7,15H,3,5-6H2,1-2H3. The topological polar surface area (TPSA) is 29.9 Å². The maximum absolute atomic E-state index is 4.44. The second kappa shape index (κ2) is 6.32. The van der Waals surface area contributed by atoms with Gasteiger partial charge in [0, 0.05) is 41.2 Å². The summed E-state index contributed by atoms with van der Waals surface area (Å²) >= 11 is 8.76. The predicted octanol–water partition coefficient (Wildman–Crippen LogP) is 3.86. The molecule has 3 nitrogen and oxygen atoms in total. The molecule has 0 saturated carbocycles. The van der Waals surface area contributed by atoms with Crippen LogP contribution in [0.5, 0.6) is 0 Å². The normalized spacial score (nSPS) is 11.1. The molecule has 0 radical (unpaired) electrons. The summed E-state index contributed by atoms with van der Waals surface area (Å²) in [5.41, 5.74) is 2.47. The smallest absolute Gasteiger partial charge is 0.0843 e. The second-order valence-corrected chi connectivity index (χ2v) is 7.38. The number of rotatable bonds is 5. The van der Waals surface area contributed by atoms with Crippen LogP contribution in [0.3, 0.4) is 0 Å². The lowest BCUT2D eigenvalue weighted by atomic mass is 10.2. The molecular formula is C12H15Br2N3S. The Morgan fingerprint density at radius 2 is 2.17 bits per heavy atom. The van der Waals surface area contributed by atoms with Gasteiger partial charge in [-0.1, -0.05) is 6.92 Å². The summed E-state index contributed by atoms with van der Waals surface area (Å²) < 4.78 is 4.16. The molecule has 0 saturated heterocycles. The average Bonchev–Trinajstić information content (AvgIpc) is 2.83. The molecule has 0 spiro atoms. The number of halogens is 2. The molecule has 2 heterocycles. The molecule has 0 unspecified atom stereocenters. The van der Waals surface area contributed by atoms with E-state index < -0.39 is 0 Å². The van der Waals surface area contributed by atoms with Gasteiger partial charge >= 0.3 is 0 Å². The van der Waals surface area contributed by atoms with E-state index in [1.165, 1.54) is 16.1 Å². The van der Waals surface area contributed by atoms with E-state index >= 15 is 0 Å². The van der Waals surface area contributed by atoms with Gasteiger partial charge in [-0.05, 0) is 44.3 Å². The third-order valence-electron chi connectivity index (χ3n) is 2.64. The molecule has 0 fully saturated rings. The highest BCUT2D eigenvalue weighted by Gasteiger charge is 2.07. The first-order chi connectivity index (χ1) is 8.60. The molecule has 0 atom stereocenters. The van der Waals surface area contributed by atoms with Crippen molar-refractivity contribution in [1.29, 1.82) is 0 Å². The van der Waals surface area contributed by atoms with Gasteiger partial charge < -0.3 is 5.32 Å². The Morgan fingerprint density at radius 3 is 2.78 bits per heavy atom. The number of hydrogen-bond acceptors (Lipinski definition) is 3. The third-order valence-corrected chi connectivity index (χ3v) is 5.89. The first kappa shape index (κ1) is 14.2. The minimum atomic E-state index is 0.865. The number of aromatic nitrogens is 2. The zero-order chi connectivity index (χ0) is 13.1. The van der Waals surface area contributed by atoms with E-state index in [4.69, 9.17) is 0 Å². The van der Waals surface area contributed by atoms with Crippen molar-refractivity contribution in [2.45, 2.75) is 26.4 Å². The highest BCUT2D eigenvalue weighted by Crippen LogP contribution is 2.32. The number of hydrogen-bond donors (Lipinski definition) is 1. The summed E-state index contributed by atoms with van der Waals surface area (Å²) in [5, 5.41) is 7.90. The van der Waals surface area contributed by atoms with E-state index in [0.717, 1.165) is 27.8 Å². The molecule has 2 aromatic rings. The van der Waals surface area contributed by atoms with Crippen molar-refractivity contribution in [2.75, 3.05) is 0 Å². The van der Waals surface area contributed by atoms with Crippen molar-refractivity contribution >= 4 is 43.2 Å². The summed E-state index contributed by atoms with van der Waals surface area (Å²) in [6, 6.07) is 2.14. The molecule has 98 valence electrons. The number of nitrogens with one attached hydrogen (secondary N) is 1. The maximum Gasteiger partial charge on any atom is 0.0843 e. The molecule has 6 heteroatoms. The van der Waals surface area contributed by atoms with E-state index in [1.54, 1.807) is 11.3 Å². The van der Waals surface area contributed by atoms with E-state index in [-0.39, 0.29) is 0 Å². The van der Waals surface area contributed by atoms with Gasteiger partial charge in [0.05, 0.1) is 9.48 Å². The SMILES string of the molecule is CCc1nn(C)cc1CNCc1cc(Br)c(Br)s1. The van der Waals surface area contributed by atoms with Crippen LogP contribution in [0.2, 0.25) is 0 Å². The van der Waals surface area contributed by atoms with Crippen molar-refractivity contribution in [3.8, 4) is 0 Å². The van der Waals surface area contributed by atoms with Gasteiger partial charge in [0.2, 0.25) is 0 Å². The first-order valence-corrected chi connectivity index (χ1v) is 8.16. The van der Waals surface area contributed by atoms with Crippen LogP contribution >= 0.6 is 43.2 Å². The summed E-state index contributed by atoms with van der Waals surface area (Å²) in [6.07, 6.45) is 3.07. The van der Waals surface area contributed by atoms with Gasteiger partial charge in [-0.3, -0.25) is 4.68 Å². The Balaban J connectivity index is 1.91. The number of thiophene rings is 1. The summed E-state index contributed by atoms with van der Waals surface area (Å²) in [7, 11) is 1.97. The molecule has 0 aliphatic heterocycles. The van der Waals surface area contributed by atoms with Crippen LogP contribution in [0.1, 0.15) is 23.1 Å². The summed E-state index contributed by atoms with van der Waals surface area (Å²) in [4.78, 5) is 1.32. The van der Waals surface area contributed by atoms with Crippen LogP contribution in [0.25, 0.3) is 0 Å². The zero-order valence-electron chi connectivity index (χ0n) is 10.3. The second-order valence-electron chi connectivity index (χ2n) is 4.07. The molecule has 0 aliphatic carbocycles. The highest BCUT2D eigenvalue weighted by atomic mass is 79.9. The van der Waals surface area contributed by atoms with Gasteiger partial charge in [-0.15, -0.1) is 11.3 Å². The van der Waals surface area contributed by atoms with Gasteiger partial charge in [0.15, 0.2) is 0 Å². The lowest BCUT2D eigenvalue weighted by Gasteiger charge is -2.02. The third kappa shape index (κ3) is 3.44. The van der Waals surface area contributed by atoms with E-state index in [9.17, 15) is 0 Å². The monoisotopic (exact) mass is 391 g/mol. The van der Waals surface area contributed by atoms with Crippen molar-refractivity contribution in [3.63, 3.8) is 0 Å². The van der Waals surface area contributed by atoms with Crippen LogP contribution in [0, 0.1) is 0 Å². The quantitative estimate of drug-likeness (QED) is 0.837. The summed E-state index contributed by atoms with van der Waals surface area (Å²) in [6.45, 7) is 3.89. The lowest BCUT2D eigenvalue weighted by molar-refractivity contribution is 0.695. The van der Waals surface area contributed by atoms with E-state index in [0.29, 0.717) is 0 Å². The minimum absolute atomic E-state index is 0.865. The predicted molar refractivity (Wildman–Crippen MR) is 82.8 cm³/mol. The summed E-state index contributed by atoms with van der Waals surface area (Å²) in [5.74, 6) is 0. The average molecular weight is 393 g/mol. The molecule has 2 rings (SSSR count). The van der Waals surface area contributed by atoms with Crippen LogP contribution in [0.4, 0.5) is 0 Å². The molecule has 18 heavy (non-hydrogen) atoms. The van der Waals surface area contributed by atoms with Crippen molar-refractivity contribution < 1.29 is 0 Å². The highest BCUT2D eigenvalue weighted by molar-refractivity contribution is 9.13. The Hall–Kier alpha value is -0.170. The van der Waals surface area contributed by atoms with Gasteiger partial charge in [-0.25, -0.2) is 0 Å². The molecule has 0 aliphatic rings. The van der Waals surface area contributed by atoms with Crippen molar-refractivity contribution in [2.24, 2.45) is 7.05 Å². The Morgan fingerprint density at radius 1 is 1.39 bits per heavy atom. The maximum atomic E-state index is 4.44. The fourth-order valence-electron chi connectivity index (χ4n) is 1.83. The van der Waals surface area contributed by atoms with Crippen LogP contribution in [0.15, 0.2) is 20.5 Å². The molecule has 0 amide bonds. The van der Waals surface area contributed by atoms with E-state index in [2.05, 4.69) is 61.5 Å². The Bertz CT molecular complexity index is 514. The zero-order valence-corrected chi connectivity index (χ0v) is 14.3. The number of aryl methyl sites for hydroxylation is 2. The van der Waals surface area contributed by atoms with Gasteiger partial charge in [0.1, 0.15) is 0 Å². The fraction of sp³-hybridized carbons (Fsp3) is 0.417. The van der Waals surface area contributed by atoms with Crippen LogP contribution in [-0.2, 0) is 26.6 Å². The Kier molecular flexibility index (Phi) is 5.00. The van der Waals surface area contributed by atoms with Gasteiger partial charge in [-0.2, -0.15) is 5.10 Å². The molecule has 0 aromatic carbocycles. The molecular weight excluding hydrogens is 378 g/mol. The Labute approximate surface area is 128 Å². The van der Waals surface area contributed by atoms with Crippen molar-refractivity contribution in [3.05, 3.63) is 36.7 Å². The molecule has 0 bridgehead atoms. The first-order valence-electron chi connectivity index (χ1n) is 5.76. The molecule has 1 N–H and O–H groups in total. The molecule has 2 aromatic heterocycles. The van der Waals surface area contributed by atoms with Crippen molar-refractivity contribution in [1.82, 2.24) is 15.1 Å². The lowest BCUT2D eigenvalue weighted by Crippen LogP contribution is -2.12. The van der Waals surface area contributed by atoms with Crippen LogP contribution in [-0.4, -0.2) is 9.78 Å². The van der Waals surface area contributed by atoms with Gasteiger partial charge in [0.25, 0.3) is 0 Å².